The Morgan fingerprint density at radius 2 is 1.95 bits per heavy atom. The number of benzene rings is 1. The van der Waals surface area contributed by atoms with Crippen molar-refractivity contribution in [3.8, 4) is 0 Å². The summed E-state index contributed by atoms with van der Waals surface area (Å²) in [4.78, 5) is 35.0. The minimum atomic E-state index is -0.562. The number of rotatable bonds is 4. The Kier molecular flexibility index (Phi) is 4.34. The molecule has 1 heterocycles. The third kappa shape index (κ3) is 3.26. The molecule has 2 rings (SSSR count). The van der Waals surface area contributed by atoms with E-state index in [0.29, 0.717) is 11.3 Å². The van der Waals surface area contributed by atoms with Gasteiger partial charge in [-0.15, -0.1) is 0 Å². The Hall–Kier alpha value is -2.67. The summed E-state index contributed by atoms with van der Waals surface area (Å²) in [6, 6.07) is 8.04. The topological polar surface area (TPSA) is 93.3 Å². The first-order chi connectivity index (χ1) is 10.0. The summed E-state index contributed by atoms with van der Waals surface area (Å²) in [5.41, 5.74) is 0.0805. The van der Waals surface area contributed by atoms with Crippen LogP contribution in [0.1, 0.15) is 5.56 Å². The number of hydrogen-bond donors (Lipinski definition) is 2. The lowest BCUT2D eigenvalue weighted by Crippen LogP contribution is -2.39. The molecule has 0 saturated heterocycles. The molecule has 2 aromatic rings. The van der Waals surface area contributed by atoms with Gasteiger partial charge in [-0.1, -0.05) is 18.2 Å². The monoisotopic (exact) mass is 289 g/mol. The van der Waals surface area contributed by atoms with Crippen LogP contribution in [-0.2, 0) is 25.0 Å². The Morgan fingerprint density at radius 1 is 1.24 bits per heavy atom. The molecule has 0 aliphatic rings. The summed E-state index contributed by atoms with van der Waals surface area (Å²) in [5.74, 6) is -0.420. The van der Waals surface area contributed by atoms with Gasteiger partial charge in [0, 0.05) is 30.6 Å². The van der Waals surface area contributed by atoms with E-state index in [1.165, 1.54) is 19.3 Å². The molecule has 1 amide bonds. The molecule has 2 N–H and O–H groups in total. The van der Waals surface area contributed by atoms with Gasteiger partial charge in [0.1, 0.15) is 6.54 Å². The maximum Gasteiger partial charge on any atom is 0.331 e. The van der Waals surface area contributed by atoms with Crippen LogP contribution in [-0.4, -0.2) is 20.1 Å². The number of aliphatic hydroxyl groups excluding tert-OH is 1. The molecule has 7 nitrogen and oxygen atoms in total. The van der Waals surface area contributed by atoms with Crippen LogP contribution in [0.25, 0.3) is 0 Å². The lowest BCUT2D eigenvalue weighted by atomic mass is 10.2. The molecule has 7 heteroatoms. The molecule has 0 spiro atoms. The van der Waals surface area contributed by atoms with E-state index >= 15 is 0 Å². The van der Waals surface area contributed by atoms with Crippen LogP contribution in [0.3, 0.4) is 0 Å². The third-order valence-electron chi connectivity index (χ3n) is 3.04. The molecule has 0 atom stereocenters. The van der Waals surface area contributed by atoms with Gasteiger partial charge < -0.3 is 10.4 Å². The highest BCUT2D eigenvalue weighted by molar-refractivity contribution is 5.91. The lowest BCUT2D eigenvalue weighted by Gasteiger charge is -2.10. The number of carbonyl (C=O) groups is 1. The highest BCUT2D eigenvalue weighted by Crippen LogP contribution is 2.14. The zero-order chi connectivity index (χ0) is 15.4. The maximum absolute atomic E-state index is 12.0. The molecular weight excluding hydrogens is 274 g/mol. The number of hydrogen-bond acceptors (Lipinski definition) is 4. The van der Waals surface area contributed by atoms with Crippen molar-refractivity contribution in [2.24, 2.45) is 7.05 Å². The van der Waals surface area contributed by atoms with Gasteiger partial charge in [0.25, 0.3) is 5.56 Å². The number of carbonyl (C=O) groups excluding carboxylic acids is 1. The number of aromatic nitrogens is 2. The Balaban J connectivity index is 2.18. The Bertz CT molecular complexity index is 776. The van der Waals surface area contributed by atoms with Crippen LogP contribution >= 0.6 is 0 Å². The van der Waals surface area contributed by atoms with Crippen molar-refractivity contribution >= 4 is 11.6 Å². The summed E-state index contributed by atoms with van der Waals surface area (Å²) in [6.07, 6.45) is 1.28. The van der Waals surface area contributed by atoms with Crippen molar-refractivity contribution in [3.63, 3.8) is 0 Å². The highest BCUT2D eigenvalue weighted by Gasteiger charge is 2.09. The second kappa shape index (κ2) is 6.19. The average molecular weight is 289 g/mol. The smallest absolute Gasteiger partial charge is 0.331 e. The van der Waals surface area contributed by atoms with Gasteiger partial charge in [0.15, 0.2) is 0 Å². The molecule has 0 fully saturated rings. The lowest BCUT2D eigenvalue weighted by molar-refractivity contribution is -0.116. The van der Waals surface area contributed by atoms with Gasteiger partial charge in [-0.3, -0.25) is 18.7 Å². The van der Waals surface area contributed by atoms with Crippen LogP contribution in [0.15, 0.2) is 46.1 Å². The van der Waals surface area contributed by atoms with Gasteiger partial charge >= 0.3 is 5.69 Å². The van der Waals surface area contributed by atoms with E-state index in [2.05, 4.69) is 5.32 Å². The van der Waals surface area contributed by atoms with Gasteiger partial charge in [0.05, 0.1) is 6.61 Å². The van der Waals surface area contributed by atoms with E-state index < -0.39 is 17.2 Å². The summed E-state index contributed by atoms with van der Waals surface area (Å²) in [7, 11) is 1.35. The Labute approximate surface area is 120 Å². The second-order valence-electron chi connectivity index (χ2n) is 4.49. The minimum absolute atomic E-state index is 0.198. The molecule has 0 bridgehead atoms. The fourth-order valence-electron chi connectivity index (χ4n) is 1.86. The quantitative estimate of drug-likeness (QED) is 0.806. The van der Waals surface area contributed by atoms with Gasteiger partial charge in [-0.05, 0) is 6.07 Å². The van der Waals surface area contributed by atoms with Crippen molar-refractivity contribution in [1.29, 1.82) is 0 Å². The zero-order valence-corrected chi connectivity index (χ0v) is 11.4. The van der Waals surface area contributed by atoms with E-state index in [-0.39, 0.29) is 13.2 Å². The average Bonchev–Trinajstić information content (AvgIpc) is 2.48. The number of nitrogens with zero attached hydrogens (tertiary/aromatic N) is 2. The number of para-hydroxylation sites is 1. The Morgan fingerprint density at radius 3 is 2.67 bits per heavy atom. The highest BCUT2D eigenvalue weighted by atomic mass is 16.3. The molecule has 0 unspecified atom stereocenters. The zero-order valence-electron chi connectivity index (χ0n) is 11.4. The summed E-state index contributed by atoms with van der Waals surface area (Å²) < 4.78 is 2.06. The first-order valence-corrected chi connectivity index (χ1v) is 6.28. The summed E-state index contributed by atoms with van der Waals surface area (Å²) in [6.45, 7) is -0.414. The summed E-state index contributed by atoms with van der Waals surface area (Å²) in [5, 5.41) is 11.8. The number of amides is 1. The SMILES string of the molecule is Cn1c(=O)ccn(CC(=O)Nc2ccccc2CO)c1=O. The molecule has 0 aliphatic heterocycles. The molecule has 1 aromatic carbocycles. The minimum Gasteiger partial charge on any atom is -0.392 e. The van der Waals surface area contributed by atoms with Gasteiger partial charge in [-0.2, -0.15) is 0 Å². The van der Waals surface area contributed by atoms with Crippen molar-refractivity contribution < 1.29 is 9.90 Å². The molecule has 1 aromatic heterocycles. The molecular formula is C14H15N3O4. The number of nitrogens with one attached hydrogen (secondary N) is 1. The normalized spacial score (nSPS) is 10.4. The molecule has 0 saturated carbocycles. The van der Waals surface area contributed by atoms with Crippen LogP contribution in [0, 0.1) is 0 Å². The third-order valence-corrected chi connectivity index (χ3v) is 3.04. The van der Waals surface area contributed by atoms with Crippen molar-refractivity contribution in [3.05, 3.63) is 62.9 Å². The predicted octanol–water partition coefficient (Wildman–Crippen LogP) is -0.322. The van der Waals surface area contributed by atoms with Crippen molar-refractivity contribution in [2.45, 2.75) is 13.2 Å². The second-order valence-corrected chi connectivity index (χ2v) is 4.49. The van der Waals surface area contributed by atoms with E-state index in [9.17, 15) is 19.5 Å². The number of aliphatic hydroxyl groups is 1. The van der Waals surface area contributed by atoms with Crippen LogP contribution in [0.5, 0.6) is 0 Å². The fourth-order valence-corrected chi connectivity index (χ4v) is 1.86. The molecule has 110 valence electrons. The van der Waals surface area contributed by atoms with Crippen molar-refractivity contribution in [2.75, 3.05) is 5.32 Å². The van der Waals surface area contributed by atoms with Crippen LogP contribution in [0.4, 0.5) is 5.69 Å². The van der Waals surface area contributed by atoms with E-state index in [1.54, 1.807) is 24.3 Å². The molecule has 21 heavy (non-hydrogen) atoms. The van der Waals surface area contributed by atoms with Gasteiger partial charge in [0.2, 0.25) is 5.91 Å². The molecule has 0 aliphatic carbocycles. The summed E-state index contributed by atoms with van der Waals surface area (Å²) >= 11 is 0. The number of anilines is 1. The van der Waals surface area contributed by atoms with Gasteiger partial charge in [-0.25, -0.2) is 4.79 Å². The van der Waals surface area contributed by atoms with E-state index in [1.807, 2.05) is 0 Å². The first-order valence-electron chi connectivity index (χ1n) is 6.28. The van der Waals surface area contributed by atoms with Crippen LogP contribution in [0.2, 0.25) is 0 Å². The molecule has 0 radical (unpaired) electrons. The maximum atomic E-state index is 12.0. The largest absolute Gasteiger partial charge is 0.392 e. The van der Waals surface area contributed by atoms with E-state index in [0.717, 1.165) is 9.13 Å². The van der Waals surface area contributed by atoms with E-state index in [4.69, 9.17) is 0 Å². The standard InChI is InChI=1S/C14H15N3O4/c1-16-13(20)6-7-17(14(16)21)8-12(19)15-11-5-3-2-4-10(11)9-18/h2-7,18H,8-9H2,1H3,(H,15,19). The van der Waals surface area contributed by atoms with Crippen LogP contribution < -0.4 is 16.6 Å². The predicted molar refractivity (Wildman–Crippen MR) is 76.9 cm³/mol. The first kappa shape index (κ1) is 14.7. The fraction of sp³-hybridized carbons (Fsp3) is 0.214. The van der Waals surface area contributed by atoms with Crippen molar-refractivity contribution in [1.82, 2.24) is 9.13 Å².